The van der Waals surface area contributed by atoms with Gasteiger partial charge in [-0.15, -0.1) is 0 Å². The predicted molar refractivity (Wildman–Crippen MR) is 116 cm³/mol. The van der Waals surface area contributed by atoms with Gasteiger partial charge in [-0.25, -0.2) is 13.4 Å². The summed E-state index contributed by atoms with van der Waals surface area (Å²) in [5.74, 6) is -0.664. The van der Waals surface area contributed by atoms with Gasteiger partial charge in [-0.3, -0.25) is 4.79 Å². The van der Waals surface area contributed by atoms with Gasteiger partial charge >= 0.3 is 0 Å². The first-order valence-electron chi connectivity index (χ1n) is 8.73. The molecule has 3 rings (SSSR count). The lowest BCUT2D eigenvalue weighted by Gasteiger charge is -2.08. The fourth-order valence-electron chi connectivity index (χ4n) is 2.68. The third-order valence-electron chi connectivity index (χ3n) is 4.12. The number of carbonyl (C=O) groups is 1. The molecule has 0 spiro atoms. The van der Waals surface area contributed by atoms with E-state index in [2.05, 4.69) is 10.3 Å². The topological polar surface area (TPSA) is 98.5 Å². The van der Waals surface area contributed by atoms with Crippen LogP contribution in [0.25, 0.3) is 11.5 Å². The van der Waals surface area contributed by atoms with Gasteiger partial charge in [0.05, 0.1) is 29.3 Å². The Labute approximate surface area is 183 Å². The molecule has 0 fully saturated rings. The number of nitrogens with one attached hydrogen (secondary N) is 1. The molecule has 1 amide bonds. The maximum atomic E-state index is 12.5. The fraction of sp³-hybridized carbons (Fsp3) is 0.200. The van der Waals surface area contributed by atoms with E-state index in [4.69, 9.17) is 32.4 Å². The molecule has 2 aromatic carbocycles. The number of nitrogens with zero attached hydrogens (tertiary/aromatic N) is 1. The molecular weight excluding hydrogens is 451 g/mol. The molecule has 1 aromatic heterocycles. The first-order chi connectivity index (χ1) is 14.2. The maximum Gasteiger partial charge on any atom is 0.239 e. The molecule has 10 heteroatoms. The van der Waals surface area contributed by atoms with Crippen molar-refractivity contribution in [2.24, 2.45) is 0 Å². The van der Waals surface area contributed by atoms with E-state index in [1.165, 1.54) is 12.1 Å². The van der Waals surface area contributed by atoms with Gasteiger partial charge in [0.2, 0.25) is 11.8 Å². The number of methoxy groups -OCH3 is 1. The third-order valence-corrected chi connectivity index (χ3v) is 6.10. The van der Waals surface area contributed by atoms with Crippen LogP contribution >= 0.6 is 23.2 Å². The Balaban J connectivity index is 1.73. The first-order valence-corrected chi connectivity index (χ1v) is 11.3. The minimum Gasteiger partial charge on any atom is -0.497 e. The van der Waals surface area contributed by atoms with Crippen LogP contribution < -0.4 is 10.1 Å². The second kappa shape index (κ2) is 9.07. The zero-order valence-corrected chi connectivity index (χ0v) is 18.4. The lowest BCUT2D eigenvalue weighted by atomic mass is 10.2. The van der Waals surface area contributed by atoms with Gasteiger partial charge in [0.1, 0.15) is 17.3 Å². The van der Waals surface area contributed by atoms with E-state index in [1.807, 2.05) is 0 Å². The van der Waals surface area contributed by atoms with Crippen molar-refractivity contribution in [3.05, 3.63) is 64.0 Å². The lowest BCUT2D eigenvalue weighted by Crippen LogP contribution is -2.24. The molecule has 0 bridgehead atoms. The molecule has 30 heavy (non-hydrogen) atoms. The van der Waals surface area contributed by atoms with Crippen LogP contribution in [0.1, 0.15) is 11.5 Å². The smallest absolute Gasteiger partial charge is 0.239 e. The third kappa shape index (κ3) is 5.53. The molecule has 1 heterocycles. The Morgan fingerprint density at radius 2 is 1.97 bits per heavy atom. The maximum absolute atomic E-state index is 12.5. The van der Waals surface area contributed by atoms with Crippen LogP contribution in [0.3, 0.4) is 0 Å². The van der Waals surface area contributed by atoms with Gasteiger partial charge in [0.25, 0.3) is 0 Å². The molecular formula is C20H18Cl2N2O5S. The average Bonchev–Trinajstić information content (AvgIpc) is 3.04. The van der Waals surface area contributed by atoms with Gasteiger partial charge in [-0.1, -0.05) is 29.3 Å². The van der Waals surface area contributed by atoms with Crippen molar-refractivity contribution < 1.29 is 22.4 Å². The van der Waals surface area contributed by atoms with Gasteiger partial charge in [-0.2, -0.15) is 0 Å². The number of anilines is 1. The van der Waals surface area contributed by atoms with E-state index in [-0.39, 0.29) is 22.3 Å². The molecule has 0 unspecified atom stereocenters. The number of oxazole rings is 1. The minimum atomic E-state index is -3.82. The number of aromatic nitrogens is 1. The van der Waals surface area contributed by atoms with Crippen molar-refractivity contribution in [2.45, 2.75) is 12.7 Å². The van der Waals surface area contributed by atoms with Crippen LogP contribution in [0.5, 0.6) is 5.75 Å². The van der Waals surface area contributed by atoms with Crippen LogP contribution in [0, 0.1) is 6.92 Å². The number of hydrogen-bond donors (Lipinski definition) is 1. The van der Waals surface area contributed by atoms with Gasteiger partial charge < -0.3 is 14.5 Å². The van der Waals surface area contributed by atoms with Crippen LogP contribution in [0.15, 0.2) is 46.9 Å². The van der Waals surface area contributed by atoms with E-state index in [0.29, 0.717) is 22.1 Å². The number of rotatable bonds is 7. The Morgan fingerprint density at radius 3 is 2.70 bits per heavy atom. The van der Waals surface area contributed by atoms with E-state index >= 15 is 0 Å². The van der Waals surface area contributed by atoms with Crippen LogP contribution in [-0.2, 0) is 20.4 Å². The van der Waals surface area contributed by atoms with Crippen LogP contribution in [0.4, 0.5) is 5.69 Å². The highest BCUT2D eigenvalue weighted by atomic mass is 35.5. The minimum absolute atomic E-state index is 0.237. The molecule has 0 atom stereocenters. The largest absolute Gasteiger partial charge is 0.497 e. The summed E-state index contributed by atoms with van der Waals surface area (Å²) in [6, 6.07) is 11.6. The molecule has 0 aliphatic heterocycles. The van der Waals surface area contributed by atoms with E-state index in [0.717, 1.165) is 0 Å². The van der Waals surface area contributed by atoms with Gasteiger partial charge in [0, 0.05) is 10.6 Å². The number of benzene rings is 2. The molecule has 3 aromatic rings. The number of ether oxygens (including phenoxy) is 1. The monoisotopic (exact) mass is 468 g/mol. The second-order valence-corrected chi connectivity index (χ2v) is 9.37. The van der Waals surface area contributed by atoms with Crippen molar-refractivity contribution in [1.82, 2.24) is 4.98 Å². The summed E-state index contributed by atoms with van der Waals surface area (Å²) in [6.45, 7) is 1.62. The molecule has 0 aliphatic rings. The van der Waals surface area contributed by atoms with Crippen molar-refractivity contribution in [3.8, 4) is 17.2 Å². The predicted octanol–water partition coefficient (Wildman–Crippen LogP) is 4.52. The summed E-state index contributed by atoms with van der Waals surface area (Å²) >= 11 is 11.9. The second-order valence-electron chi connectivity index (χ2n) is 6.46. The van der Waals surface area contributed by atoms with Crippen molar-refractivity contribution in [1.29, 1.82) is 0 Å². The molecule has 7 nitrogen and oxygen atoms in total. The number of aryl methyl sites for hydroxylation is 1. The Hall–Kier alpha value is -2.55. The Bertz CT molecular complexity index is 1190. The number of carbonyl (C=O) groups excluding carboxylic acids is 1. The van der Waals surface area contributed by atoms with Gasteiger partial charge in [-0.05, 0) is 43.3 Å². The average molecular weight is 469 g/mol. The fourth-order valence-corrected chi connectivity index (χ4v) is 4.28. The molecule has 0 saturated carbocycles. The van der Waals surface area contributed by atoms with E-state index in [9.17, 15) is 13.2 Å². The highest BCUT2D eigenvalue weighted by Crippen LogP contribution is 2.27. The molecule has 0 aliphatic carbocycles. The number of sulfone groups is 1. The van der Waals surface area contributed by atoms with Crippen molar-refractivity contribution in [3.63, 3.8) is 0 Å². The number of hydrogen-bond acceptors (Lipinski definition) is 6. The summed E-state index contributed by atoms with van der Waals surface area (Å²) in [6.07, 6.45) is 0. The lowest BCUT2D eigenvalue weighted by molar-refractivity contribution is -0.113. The summed E-state index contributed by atoms with van der Waals surface area (Å²) in [5, 5.41) is 3.07. The quantitative estimate of drug-likeness (QED) is 0.547. The highest BCUT2D eigenvalue weighted by Gasteiger charge is 2.23. The zero-order chi connectivity index (χ0) is 21.9. The molecule has 158 valence electrons. The molecule has 0 saturated heterocycles. The standard InChI is InChI=1S/C20H18Cl2N2O5S/c1-12-18(24-20(29-12)13-4-3-5-15(8-13)28-2)10-30(26,27)11-19(25)23-17-9-14(21)6-7-16(17)22/h3-9H,10-11H2,1-2H3,(H,23,25). The first kappa shape index (κ1) is 22.1. The van der Waals surface area contributed by atoms with E-state index < -0.39 is 27.3 Å². The van der Waals surface area contributed by atoms with E-state index in [1.54, 1.807) is 44.4 Å². The van der Waals surface area contributed by atoms with Gasteiger partial charge in [0.15, 0.2) is 9.84 Å². The van der Waals surface area contributed by atoms with Crippen molar-refractivity contribution >= 4 is 44.6 Å². The zero-order valence-electron chi connectivity index (χ0n) is 16.1. The Kier molecular flexibility index (Phi) is 6.70. The summed E-state index contributed by atoms with van der Waals surface area (Å²) in [5.41, 5.74) is 1.12. The SMILES string of the molecule is COc1cccc(-c2nc(CS(=O)(=O)CC(=O)Nc3cc(Cl)ccc3Cl)c(C)o2)c1. The summed E-state index contributed by atoms with van der Waals surface area (Å²) in [7, 11) is -2.28. The molecule has 0 radical (unpaired) electrons. The van der Waals surface area contributed by atoms with Crippen LogP contribution in [-0.4, -0.2) is 32.2 Å². The number of amides is 1. The summed E-state index contributed by atoms with van der Waals surface area (Å²) in [4.78, 5) is 16.5. The molecule has 1 N–H and O–H groups in total. The number of halogens is 2. The highest BCUT2D eigenvalue weighted by molar-refractivity contribution is 7.91. The summed E-state index contributed by atoms with van der Waals surface area (Å²) < 4.78 is 35.8. The van der Waals surface area contributed by atoms with Crippen LogP contribution in [0.2, 0.25) is 10.0 Å². The Morgan fingerprint density at radius 1 is 1.20 bits per heavy atom. The normalized spacial score (nSPS) is 11.3. The van der Waals surface area contributed by atoms with Crippen molar-refractivity contribution in [2.75, 3.05) is 18.2 Å².